The van der Waals surface area contributed by atoms with Gasteiger partial charge in [0.25, 0.3) is 0 Å². The van der Waals surface area contributed by atoms with Crippen LogP contribution in [0.5, 0.6) is 0 Å². The molecule has 2 fully saturated rings. The molecule has 0 radical (unpaired) electrons. The second-order valence-corrected chi connectivity index (χ2v) is 10.1. The summed E-state index contributed by atoms with van der Waals surface area (Å²) >= 11 is 0. The van der Waals surface area contributed by atoms with Crippen LogP contribution >= 0.6 is 0 Å². The molecular formula is C19H25F3N2OS. The van der Waals surface area contributed by atoms with Crippen molar-refractivity contribution in [2.75, 3.05) is 13.1 Å². The highest BCUT2D eigenvalue weighted by Crippen LogP contribution is 2.38. The number of rotatable bonds is 3. The number of benzene rings is 1. The average Bonchev–Trinajstić information content (AvgIpc) is 3.07. The minimum absolute atomic E-state index is 0.284. The van der Waals surface area contributed by atoms with Gasteiger partial charge < -0.3 is 0 Å². The summed E-state index contributed by atoms with van der Waals surface area (Å²) in [7, 11) is -1.25. The third kappa shape index (κ3) is 4.36. The molecule has 3 atom stereocenters. The van der Waals surface area contributed by atoms with E-state index in [0.717, 1.165) is 37.7 Å². The number of nitrogens with zero attached hydrogens (tertiary/aromatic N) is 2. The van der Waals surface area contributed by atoms with Gasteiger partial charge in [-0.25, -0.2) is 4.21 Å². The molecule has 0 spiro atoms. The zero-order valence-corrected chi connectivity index (χ0v) is 16.2. The van der Waals surface area contributed by atoms with Gasteiger partial charge >= 0.3 is 6.18 Å². The molecule has 0 N–H and O–H groups in total. The summed E-state index contributed by atoms with van der Waals surface area (Å²) in [6, 6.07) is 5.55. The lowest BCUT2D eigenvalue weighted by molar-refractivity contribution is -0.137. The first-order chi connectivity index (χ1) is 12.0. The number of hydrogen-bond donors (Lipinski definition) is 0. The van der Waals surface area contributed by atoms with E-state index < -0.39 is 22.7 Å². The Kier molecular flexibility index (Phi) is 5.32. The monoisotopic (exact) mass is 386 g/mol. The Labute approximate surface area is 155 Å². The largest absolute Gasteiger partial charge is 0.416 e. The van der Waals surface area contributed by atoms with E-state index in [1.165, 1.54) is 12.1 Å². The zero-order valence-electron chi connectivity index (χ0n) is 15.3. The first kappa shape index (κ1) is 19.5. The molecule has 1 saturated heterocycles. The van der Waals surface area contributed by atoms with Gasteiger partial charge in [-0.3, -0.25) is 4.90 Å². The summed E-state index contributed by atoms with van der Waals surface area (Å²) in [6.07, 6.45) is -2.41. The van der Waals surface area contributed by atoms with Crippen LogP contribution in [-0.4, -0.2) is 32.7 Å². The SMILES string of the molecule is CC(C)(C)[S@](=O)N=C1CC[C@H]2CN(Cc3cccc(C(F)(F)F)c3)C[C@@H]12. The van der Waals surface area contributed by atoms with Gasteiger partial charge in [-0.2, -0.15) is 17.6 Å². The van der Waals surface area contributed by atoms with E-state index in [-0.39, 0.29) is 10.7 Å². The van der Waals surface area contributed by atoms with Crippen LogP contribution in [0, 0.1) is 11.8 Å². The maximum absolute atomic E-state index is 12.9. The van der Waals surface area contributed by atoms with Crippen molar-refractivity contribution >= 4 is 16.7 Å². The molecule has 1 heterocycles. The quantitative estimate of drug-likeness (QED) is 0.769. The summed E-state index contributed by atoms with van der Waals surface area (Å²) in [5, 5.41) is 0. The third-order valence-corrected chi connectivity index (χ3v) is 6.55. The maximum atomic E-state index is 12.9. The molecule has 3 nitrogen and oxygen atoms in total. The fourth-order valence-electron chi connectivity index (χ4n) is 3.74. The van der Waals surface area contributed by atoms with Crippen molar-refractivity contribution in [2.24, 2.45) is 16.2 Å². The Hall–Kier alpha value is -1.21. The highest BCUT2D eigenvalue weighted by atomic mass is 32.2. The van der Waals surface area contributed by atoms with E-state index in [2.05, 4.69) is 9.30 Å². The number of halogens is 3. The van der Waals surface area contributed by atoms with Gasteiger partial charge in [0.15, 0.2) is 0 Å². The van der Waals surface area contributed by atoms with Gasteiger partial charge in [-0.15, -0.1) is 0 Å². The lowest BCUT2D eigenvalue weighted by Gasteiger charge is -2.18. The van der Waals surface area contributed by atoms with Crippen molar-refractivity contribution < 1.29 is 17.4 Å². The highest BCUT2D eigenvalue weighted by Gasteiger charge is 2.41. The fourth-order valence-corrected chi connectivity index (χ4v) is 4.45. The Morgan fingerprint density at radius 2 is 1.96 bits per heavy atom. The number of likely N-dealkylation sites (tertiary alicyclic amines) is 1. The van der Waals surface area contributed by atoms with Crippen LogP contribution in [0.2, 0.25) is 0 Å². The lowest BCUT2D eigenvalue weighted by atomic mass is 10.00. The van der Waals surface area contributed by atoms with Gasteiger partial charge in [0, 0.05) is 31.3 Å². The number of hydrogen-bond acceptors (Lipinski definition) is 2. The number of alkyl halides is 3. The first-order valence-electron chi connectivity index (χ1n) is 8.92. The molecule has 2 aliphatic rings. The van der Waals surface area contributed by atoms with Crippen molar-refractivity contribution in [3.8, 4) is 0 Å². The molecule has 7 heteroatoms. The lowest BCUT2D eigenvalue weighted by Crippen LogP contribution is -2.25. The topological polar surface area (TPSA) is 32.7 Å². The molecule has 1 aliphatic carbocycles. The van der Waals surface area contributed by atoms with E-state index >= 15 is 0 Å². The van der Waals surface area contributed by atoms with Crippen LogP contribution in [-0.2, 0) is 23.7 Å². The Balaban J connectivity index is 1.68. The molecule has 0 amide bonds. The molecule has 26 heavy (non-hydrogen) atoms. The maximum Gasteiger partial charge on any atom is 0.416 e. The van der Waals surface area contributed by atoms with Crippen molar-refractivity contribution in [1.82, 2.24) is 4.90 Å². The number of fused-ring (bicyclic) bond motifs is 1. The van der Waals surface area contributed by atoms with Crippen LogP contribution in [0.15, 0.2) is 28.7 Å². The molecule has 0 bridgehead atoms. The van der Waals surface area contributed by atoms with E-state index in [1.54, 1.807) is 6.07 Å². The van der Waals surface area contributed by atoms with Gasteiger partial charge in [-0.1, -0.05) is 18.2 Å². The van der Waals surface area contributed by atoms with Crippen LogP contribution in [0.25, 0.3) is 0 Å². The molecule has 3 rings (SSSR count). The van der Waals surface area contributed by atoms with E-state index in [0.29, 0.717) is 18.0 Å². The normalized spacial score (nSPS) is 27.1. The predicted molar refractivity (Wildman–Crippen MR) is 98.3 cm³/mol. The Morgan fingerprint density at radius 1 is 1.23 bits per heavy atom. The van der Waals surface area contributed by atoms with Gasteiger partial charge in [0.2, 0.25) is 0 Å². The first-order valence-corrected chi connectivity index (χ1v) is 10.0. The van der Waals surface area contributed by atoms with E-state index in [1.807, 2.05) is 20.8 Å². The van der Waals surface area contributed by atoms with Gasteiger partial charge in [-0.05, 0) is 51.2 Å². The second kappa shape index (κ2) is 7.08. The molecule has 1 aliphatic heterocycles. The van der Waals surface area contributed by atoms with Crippen molar-refractivity contribution in [1.29, 1.82) is 0 Å². The summed E-state index contributed by atoms with van der Waals surface area (Å²) in [6.45, 7) is 7.88. The summed E-state index contributed by atoms with van der Waals surface area (Å²) in [5.74, 6) is 0.753. The molecular weight excluding hydrogens is 361 g/mol. The smallest absolute Gasteiger partial charge is 0.298 e. The average molecular weight is 386 g/mol. The van der Waals surface area contributed by atoms with Gasteiger partial charge in [0.05, 0.1) is 10.3 Å². The van der Waals surface area contributed by atoms with Crippen LogP contribution in [0.4, 0.5) is 13.2 Å². The minimum Gasteiger partial charge on any atom is -0.298 e. The molecule has 0 unspecified atom stereocenters. The van der Waals surface area contributed by atoms with Gasteiger partial charge in [0.1, 0.15) is 11.0 Å². The molecule has 1 aromatic rings. The zero-order chi connectivity index (χ0) is 19.1. The van der Waals surface area contributed by atoms with Crippen LogP contribution in [0.3, 0.4) is 0 Å². The molecule has 0 aromatic heterocycles. The van der Waals surface area contributed by atoms with Crippen molar-refractivity contribution in [3.63, 3.8) is 0 Å². The third-order valence-electron chi connectivity index (χ3n) is 5.10. The summed E-state index contributed by atoms with van der Waals surface area (Å²) < 4.78 is 55.1. The Bertz CT molecular complexity index is 724. The molecule has 1 saturated carbocycles. The molecule has 144 valence electrons. The second-order valence-electron chi connectivity index (χ2n) is 8.24. The van der Waals surface area contributed by atoms with E-state index in [9.17, 15) is 17.4 Å². The fraction of sp³-hybridized carbons (Fsp3) is 0.632. The summed E-state index contributed by atoms with van der Waals surface area (Å²) in [5.41, 5.74) is 1.10. The highest BCUT2D eigenvalue weighted by molar-refractivity contribution is 7.85. The summed E-state index contributed by atoms with van der Waals surface area (Å²) in [4.78, 5) is 2.19. The predicted octanol–water partition coefficient (Wildman–Crippen LogP) is 4.45. The van der Waals surface area contributed by atoms with Crippen LogP contribution < -0.4 is 0 Å². The molecule has 1 aromatic carbocycles. The Morgan fingerprint density at radius 3 is 2.62 bits per heavy atom. The van der Waals surface area contributed by atoms with Crippen molar-refractivity contribution in [3.05, 3.63) is 35.4 Å². The standard InChI is InChI=1S/C19H25F3N2OS/c1-18(2,3)26(25)23-17-8-7-14-11-24(12-16(14)17)10-13-5-4-6-15(9-13)19(20,21)22/h4-6,9,14,16H,7-8,10-12H2,1-3H3/t14-,16+,26-/m0/s1. The van der Waals surface area contributed by atoms with E-state index in [4.69, 9.17) is 0 Å². The minimum atomic E-state index is -4.31. The van der Waals surface area contributed by atoms with Crippen LogP contribution in [0.1, 0.15) is 44.7 Å². The van der Waals surface area contributed by atoms with Crippen molar-refractivity contribution in [2.45, 2.75) is 51.1 Å².